The van der Waals surface area contributed by atoms with E-state index in [2.05, 4.69) is 23.5 Å². The summed E-state index contributed by atoms with van der Waals surface area (Å²) in [7, 11) is 0. The fourth-order valence-electron chi connectivity index (χ4n) is 1.93. The van der Waals surface area contributed by atoms with E-state index in [9.17, 15) is 0 Å². The third-order valence-electron chi connectivity index (χ3n) is 2.96. The molecule has 20 heavy (non-hydrogen) atoms. The molecule has 0 heterocycles. The van der Waals surface area contributed by atoms with Crippen molar-refractivity contribution in [3.8, 4) is 11.5 Å². The van der Waals surface area contributed by atoms with Gasteiger partial charge in [-0.1, -0.05) is 38.1 Å². The molecule has 0 radical (unpaired) electrons. The molecule has 3 heteroatoms. The summed E-state index contributed by atoms with van der Waals surface area (Å²) < 4.78 is 5.87. The highest BCUT2D eigenvalue weighted by Crippen LogP contribution is 2.36. The Morgan fingerprint density at radius 3 is 2.30 bits per heavy atom. The fourth-order valence-corrected chi connectivity index (χ4v) is 1.93. The molecule has 0 N–H and O–H groups in total. The molecule has 0 saturated carbocycles. The first kappa shape index (κ1) is 13.6. The highest BCUT2D eigenvalue weighted by Gasteiger charge is 2.09. The van der Waals surface area contributed by atoms with E-state index in [0.717, 1.165) is 11.3 Å². The van der Waals surface area contributed by atoms with Gasteiger partial charge in [-0.05, 0) is 29.7 Å². The Morgan fingerprint density at radius 2 is 1.65 bits per heavy atom. The average molecular weight is 262 g/mol. The summed E-state index contributed by atoms with van der Waals surface area (Å²) >= 11 is 0. The Hall–Kier alpha value is -2.78. The van der Waals surface area contributed by atoms with Crippen LogP contribution in [0.5, 0.6) is 11.5 Å². The lowest BCUT2D eigenvalue weighted by atomic mass is 10.0. The van der Waals surface area contributed by atoms with Crippen molar-refractivity contribution in [1.29, 1.82) is 0 Å². The molecule has 0 saturated heterocycles. The summed E-state index contributed by atoms with van der Waals surface area (Å²) in [5.74, 6) is 1.72. The largest absolute Gasteiger partial charge is 0.459 e. The van der Waals surface area contributed by atoms with Crippen LogP contribution in [0.4, 0.5) is 11.4 Å². The molecular formula is C17H14N2O. The Morgan fingerprint density at radius 1 is 0.950 bits per heavy atom. The molecule has 2 rings (SSSR count). The molecule has 0 aliphatic carbocycles. The van der Waals surface area contributed by atoms with Gasteiger partial charge in [-0.25, -0.2) is 4.85 Å². The third-order valence-corrected chi connectivity index (χ3v) is 2.96. The second-order valence-corrected chi connectivity index (χ2v) is 4.67. The monoisotopic (exact) mass is 262 g/mol. The molecule has 0 aliphatic heterocycles. The number of ether oxygens (including phenoxy) is 1. The van der Waals surface area contributed by atoms with E-state index in [1.807, 2.05) is 24.3 Å². The van der Waals surface area contributed by atoms with E-state index in [-0.39, 0.29) is 0 Å². The van der Waals surface area contributed by atoms with Crippen molar-refractivity contribution in [2.24, 2.45) is 0 Å². The van der Waals surface area contributed by atoms with Gasteiger partial charge in [0.05, 0.1) is 13.1 Å². The van der Waals surface area contributed by atoms with Crippen LogP contribution in [-0.4, -0.2) is 0 Å². The van der Waals surface area contributed by atoms with Gasteiger partial charge in [0.1, 0.15) is 11.5 Å². The molecule has 0 fully saturated rings. The van der Waals surface area contributed by atoms with E-state index in [4.69, 9.17) is 17.9 Å². The molecule has 0 atom stereocenters. The van der Waals surface area contributed by atoms with Gasteiger partial charge in [-0.3, -0.25) is 4.85 Å². The maximum atomic E-state index is 7.10. The predicted octanol–water partition coefficient (Wildman–Crippen LogP) is 5.70. The van der Waals surface area contributed by atoms with Crippen LogP contribution in [0.15, 0.2) is 42.5 Å². The molecule has 3 nitrogen and oxygen atoms in total. The molecule has 0 bridgehead atoms. The van der Waals surface area contributed by atoms with Gasteiger partial charge in [0.2, 0.25) is 0 Å². The molecule has 0 aromatic heterocycles. The topological polar surface area (TPSA) is 17.9 Å². The Balaban J connectivity index is 2.37. The zero-order valence-corrected chi connectivity index (χ0v) is 11.4. The van der Waals surface area contributed by atoms with Crippen LogP contribution in [0, 0.1) is 13.1 Å². The van der Waals surface area contributed by atoms with Crippen molar-refractivity contribution in [3.63, 3.8) is 0 Å². The number of rotatable bonds is 3. The molecule has 0 unspecified atom stereocenters. The number of benzene rings is 2. The minimum absolute atomic E-state index is 0.319. The van der Waals surface area contributed by atoms with Crippen LogP contribution < -0.4 is 4.74 Å². The first-order valence-corrected chi connectivity index (χ1v) is 6.31. The van der Waals surface area contributed by atoms with Gasteiger partial charge in [0.25, 0.3) is 0 Å². The summed E-state index contributed by atoms with van der Waals surface area (Å²) in [5.41, 5.74) is 1.79. The summed E-state index contributed by atoms with van der Waals surface area (Å²) in [5, 5.41) is 0. The zero-order chi connectivity index (χ0) is 14.5. The van der Waals surface area contributed by atoms with Gasteiger partial charge < -0.3 is 4.74 Å². The smallest absolute Gasteiger partial charge is 0.198 e. The third kappa shape index (κ3) is 2.79. The van der Waals surface area contributed by atoms with Crippen molar-refractivity contribution in [1.82, 2.24) is 0 Å². The summed E-state index contributed by atoms with van der Waals surface area (Å²) in [6, 6.07) is 12.8. The minimum atomic E-state index is 0.319. The lowest BCUT2D eigenvalue weighted by Gasteiger charge is -2.13. The van der Waals surface area contributed by atoms with Gasteiger partial charge in [0.15, 0.2) is 11.4 Å². The van der Waals surface area contributed by atoms with E-state index >= 15 is 0 Å². The number of para-hydroxylation sites is 1. The number of hydrogen-bond donors (Lipinski definition) is 0. The first-order chi connectivity index (χ1) is 9.65. The highest BCUT2D eigenvalue weighted by atomic mass is 16.5. The maximum absolute atomic E-state index is 7.10. The summed E-state index contributed by atoms with van der Waals surface area (Å²) in [6.07, 6.45) is 0. The summed E-state index contributed by atoms with van der Waals surface area (Å²) in [6.45, 7) is 18.3. The molecule has 2 aromatic carbocycles. The predicted molar refractivity (Wildman–Crippen MR) is 79.6 cm³/mol. The quantitative estimate of drug-likeness (QED) is 0.648. The Bertz CT molecular complexity index is 706. The van der Waals surface area contributed by atoms with Crippen molar-refractivity contribution in [3.05, 3.63) is 70.9 Å². The Kier molecular flexibility index (Phi) is 4.03. The van der Waals surface area contributed by atoms with Gasteiger partial charge in [-0.2, -0.15) is 0 Å². The van der Waals surface area contributed by atoms with E-state index in [1.165, 1.54) is 0 Å². The molecule has 2 aromatic rings. The molecule has 98 valence electrons. The van der Waals surface area contributed by atoms with Crippen LogP contribution >= 0.6 is 0 Å². The minimum Gasteiger partial charge on any atom is -0.459 e. The number of nitrogens with zero attached hydrogens (tertiary/aromatic N) is 2. The molecule has 0 aliphatic rings. The van der Waals surface area contributed by atoms with Crippen molar-refractivity contribution < 1.29 is 4.74 Å². The maximum Gasteiger partial charge on any atom is 0.198 e. The lowest BCUT2D eigenvalue weighted by Crippen LogP contribution is -1.93. The first-order valence-electron chi connectivity index (χ1n) is 6.31. The van der Waals surface area contributed by atoms with Crippen LogP contribution in [0.1, 0.15) is 25.3 Å². The van der Waals surface area contributed by atoms with Gasteiger partial charge >= 0.3 is 0 Å². The van der Waals surface area contributed by atoms with E-state index in [0.29, 0.717) is 23.0 Å². The fraction of sp³-hybridized carbons (Fsp3) is 0.176. The second kappa shape index (κ2) is 5.91. The second-order valence-electron chi connectivity index (χ2n) is 4.67. The van der Waals surface area contributed by atoms with Crippen molar-refractivity contribution >= 4 is 11.4 Å². The SMILES string of the molecule is [C-]#[N+]c1ccc(Oc2ccccc2C(C)C)cc1[N+]#[C-]. The van der Waals surface area contributed by atoms with Crippen LogP contribution in [0.2, 0.25) is 0 Å². The van der Waals surface area contributed by atoms with Crippen molar-refractivity contribution in [2.45, 2.75) is 19.8 Å². The Labute approximate surface area is 119 Å². The zero-order valence-electron chi connectivity index (χ0n) is 11.4. The van der Waals surface area contributed by atoms with Crippen LogP contribution in [-0.2, 0) is 0 Å². The summed E-state index contributed by atoms with van der Waals surface area (Å²) in [4.78, 5) is 6.67. The highest BCUT2D eigenvalue weighted by molar-refractivity contribution is 5.72. The van der Waals surface area contributed by atoms with Gasteiger partial charge in [-0.15, -0.1) is 0 Å². The van der Waals surface area contributed by atoms with Gasteiger partial charge in [0, 0.05) is 0 Å². The van der Waals surface area contributed by atoms with E-state index < -0.39 is 0 Å². The molecule has 0 spiro atoms. The van der Waals surface area contributed by atoms with E-state index in [1.54, 1.807) is 18.2 Å². The lowest BCUT2D eigenvalue weighted by molar-refractivity contribution is 0.473. The van der Waals surface area contributed by atoms with Crippen molar-refractivity contribution in [2.75, 3.05) is 0 Å². The number of hydrogen-bond acceptors (Lipinski definition) is 1. The standard InChI is InChI=1S/C17H14N2O/c1-12(2)14-7-5-6-8-17(14)20-13-9-10-15(18-3)16(11-13)19-4/h5-12H,1-2H3. The normalized spacial score (nSPS) is 9.85. The van der Waals surface area contributed by atoms with Crippen LogP contribution in [0.3, 0.4) is 0 Å². The molecule has 0 amide bonds. The van der Waals surface area contributed by atoms with Crippen LogP contribution in [0.25, 0.3) is 9.69 Å². The molecular weight excluding hydrogens is 248 g/mol. The average Bonchev–Trinajstić information content (AvgIpc) is 2.47.